The predicted octanol–water partition coefficient (Wildman–Crippen LogP) is 1.91. The number of hydrogen-bond donors (Lipinski definition) is 1. The van der Waals surface area contributed by atoms with Gasteiger partial charge in [-0.2, -0.15) is 13.2 Å². The molecule has 0 saturated heterocycles. The fourth-order valence-corrected chi connectivity index (χ4v) is 1.76. The first kappa shape index (κ1) is 11.7. The monoisotopic (exact) mass is 245 g/mol. The Balaban J connectivity index is 2.84. The van der Waals surface area contributed by atoms with Gasteiger partial charge in [0.15, 0.2) is 11.3 Å². The molecule has 4 nitrogen and oxygen atoms in total. The third kappa shape index (κ3) is 1.81. The molecule has 0 unspecified atom stereocenters. The van der Waals surface area contributed by atoms with Gasteiger partial charge in [-0.1, -0.05) is 6.92 Å². The molecule has 0 aromatic carbocycles. The topological polar surface area (TPSA) is 50.2 Å². The molecule has 17 heavy (non-hydrogen) atoms. The van der Waals surface area contributed by atoms with Crippen LogP contribution in [0.2, 0.25) is 0 Å². The van der Waals surface area contributed by atoms with Crippen LogP contribution in [0.15, 0.2) is 10.9 Å². The summed E-state index contributed by atoms with van der Waals surface area (Å²) in [7, 11) is 0. The molecule has 0 atom stereocenters. The SMILES string of the molecule is CCc1c(C)[nH]n2c(=O)cc(C(F)(F)F)nc12. The summed E-state index contributed by atoms with van der Waals surface area (Å²) >= 11 is 0. The standard InChI is InChI=1S/C10H10F3N3O/c1-3-6-5(2)15-16-8(17)4-7(10(11,12)13)14-9(6)16/h4,15H,3H2,1-2H3. The van der Waals surface area contributed by atoms with E-state index in [1.807, 2.05) is 0 Å². The smallest absolute Gasteiger partial charge is 0.294 e. The first-order chi connectivity index (χ1) is 7.84. The van der Waals surface area contributed by atoms with E-state index >= 15 is 0 Å². The summed E-state index contributed by atoms with van der Waals surface area (Å²) in [6, 6.07) is 0.488. The minimum atomic E-state index is -4.61. The van der Waals surface area contributed by atoms with Gasteiger partial charge in [-0.25, -0.2) is 9.50 Å². The van der Waals surface area contributed by atoms with Gasteiger partial charge in [-0.3, -0.25) is 9.89 Å². The molecule has 0 fully saturated rings. The highest BCUT2D eigenvalue weighted by molar-refractivity contribution is 5.50. The second kappa shape index (κ2) is 3.61. The van der Waals surface area contributed by atoms with Crippen LogP contribution in [-0.4, -0.2) is 14.6 Å². The number of H-pyrrole nitrogens is 1. The van der Waals surface area contributed by atoms with Crippen LogP contribution in [0.3, 0.4) is 0 Å². The summed E-state index contributed by atoms with van der Waals surface area (Å²) in [5.74, 6) is 0. The Hall–Kier alpha value is -1.79. The lowest BCUT2D eigenvalue weighted by molar-refractivity contribution is -0.141. The molecule has 0 bridgehead atoms. The first-order valence-corrected chi connectivity index (χ1v) is 5.03. The van der Waals surface area contributed by atoms with Crippen molar-refractivity contribution in [1.29, 1.82) is 0 Å². The van der Waals surface area contributed by atoms with E-state index in [0.29, 0.717) is 23.7 Å². The van der Waals surface area contributed by atoms with Crippen molar-refractivity contribution >= 4 is 5.65 Å². The van der Waals surface area contributed by atoms with Gasteiger partial charge in [-0.15, -0.1) is 0 Å². The molecule has 2 rings (SSSR count). The Kier molecular flexibility index (Phi) is 2.48. The van der Waals surface area contributed by atoms with Crippen LogP contribution in [0.4, 0.5) is 13.2 Å². The highest BCUT2D eigenvalue weighted by Crippen LogP contribution is 2.27. The summed E-state index contributed by atoms with van der Waals surface area (Å²) in [6.45, 7) is 3.49. The average molecular weight is 245 g/mol. The van der Waals surface area contributed by atoms with Gasteiger partial charge >= 0.3 is 6.18 Å². The summed E-state index contributed by atoms with van der Waals surface area (Å²) in [6.07, 6.45) is -4.10. The van der Waals surface area contributed by atoms with Crippen LogP contribution in [0, 0.1) is 6.92 Å². The van der Waals surface area contributed by atoms with Crippen molar-refractivity contribution in [3.63, 3.8) is 0 Å². The maximum atomic E-state index is 12.5. The molecule has 0 saturated carbocycles. The average Bonchev–Trinajstić information content (AvgIpc) is 2.53. The molecular formula is C10H10F3N3O. The van der Waals surface area contributed by atoms with Crippen LogP contribution in [0.5, 0.6) is 0 Å². The van der Waals surface area contributed by atoms with Gasteiger partial charge in [0.1, 0.15) is 0 Å². The van der Waals surface area contributed by atoms with E-state index in [-0.39, 0.29) is 5.65 Å². The zero-order chi connectivity index (χ0) is 12.8. The van der Waals surface area contributed by atoms with Crippen LogP contribution in [0.25, 0.3) is 5.65 Å². The maximum absolute atomic E-state index is 12.5. The summed E-state index contributed by atoms with van der Waals surface area (Å²) < 4.78 is 38.6. The van der Waals surface area contributed by atoms with Crippen molar-refractivity contribution in [3.05, 3.63) is 33.4 Å². The molecule has 2 aromatic heterocycles. The second-order valence-corrected chi connectivity index (χ2v) is 3.71. The molecule has 0 aliphatic heterocycles. The van der Waals surface area contributed by atoms with E-state index in [4.69, 9.17) is 0 Å². The predicted molar refractivity (Wildman–Crippen MR) is 54.9 cm³/mol. The number of hydrogen-bond acceptors (Lipinski definition) is 2. The lowest BCUT2D eigenvalue weighted by Gasteiger charge is -2.05. The largest absolute Gasteiger partial charge is 0.433 e. The van der Waals surface area contributed by atoms with Gasteiger partial charge in [0, 0.05) is 17.3 Å². The Bertz CT molecular complexity index is 624. The van der Waals surface area contributed by atoms with E-state index in [9.17, 15) is 18.0 Å². The molecule has 7 heteroatoms. The highest BCUT2D eigenvalue weighted by atomic mass is 19.4. The number of aromatic nitrogens is 3. The maximum Gasteiger partial charge on any atom is 0.433 e. The lowest BCUT2D eigenvalue weighted by Crippen LogP contribution is -2.20. The van der Waals surface area contributed by atoms with Crippen molar-refractivity contribution in [2.24, 2.45) is 0 Å². The fraction of sp³-hybridized carbons (Fsp3) is 0.400. The van der Waals surface area contributed by atoms with Gasteiger partial charge in [0.2, 0.25) is 0 Å². The number of halogens is 3. The number of fused-ring (bicyclic) bond motifs is 1. The molecule has 2 aromatic rings. The number of nitrogens with one attached hydrogen (secondary N) is 1. The molecule has 0 radical (unpaired) electrons. The van der Waals surface area contributed by atoms with Crippen molar-refractivity contribution in [2.75, 3.05) is 0 Å². The number of nitrogens with zero attached hydrogens (tertiary/aromatic N) is 2. The Morgan fingerprint density at radius 2 is 2.12 bits per heavy atom. The Morgan fingerprint density at radius 3 is 2.65 bits per heavy atom. The van der Waals surface area contributed by atoms with Crippen molar-refractivity contribution in [1.82, 2.24) is 14.6 Å². The summed E-state index contributed by atoms with van der Waals surface area (Å²) in [5.41, 5.74) is -0.601. The van der Waals surface area contributed by atoms with Crippen LogP contribution in [-0.2, 0) is 12.6 Å². The van der Waals surface area contributed by atoms with Crippen LogP contribution < -0.4 is 5.56 Å². The third-order valence-electron chi connectivity index (χ3n) is 2.56. The minimum Gasteiger partial charge on any atom is -0.294 e. The van der Waals surface area contributed by atoms with Crippen molar-refractivity contribution in [3.8, 4) is 0 Å². The fourth-order valence-electron chi connectivity index (χ4n) is 1.76. The van der Waals surface area contributed by atoms with Crippen LogP contribution in [0.1, 0.15) is 23.9 Å². The normalized spacial score (nSPS) is 12.3. The number of aryl methyl sites for hydroxylation is 2. The van der Waals surface area contributed by atoms with Gasteiger partial charge < -0.3 is 0 Å². The van der Waals surface area contributed by atoms with E-state index in [0.717, 1.165) is 4.52 Å². The number of aromatic amines is 1. The molecule has 0 amide bonds. The van der Waals surface area contributed by atoms with E-state index in [2.05, 4.69) is 10.1 Å². The van der Waals surface area contributed by atoms with Gasteiger partial charge in [0.05, 0.1) is 0 Å². The van der Waals surface area contributed by atoms with Crippen molar-refractivity contribution < 1.29 is 13.2 Å². The molecule has 0 aliphatic carbocycles. The number of rotatable bonds is 1. The van der Waals surface area contributed by atoms with E-state index in [1.54, 1.807) is 13.8 Å². The van der Waals surface area contributed by atoms with E-state index in [1.165, 1.54) is 0 Å². The first-order valence-electron chi connectivity index (χ1n) is 5.03. The van der Waals surface area contributed by atoms with E-state index < -0.39 is 17.4 Å². The van der Waals surface area contributed by atoms with Gasteiger partial charge in [0.25, 0.3) is 5.56 Å². The Morgan fingerprint density at radius 1 is 1.47 bits per heavy atom. The second-order valence-electron chi connectivity index (χ2n) is 3.71. The van der Waals surface area contributed by atoms with Crippen molar-refractivity contribution in [2.45, 2.75) is 26.4 Å². The molecule has 1 N–H and O–H groups in total. The van der Waals surface area contributed by atoms with Gasteiger partial charge in [-0.05, 0) is 13.3 Å². The highest BCUT2D eigenvalue weighted by Gasteiger charge is 2.34. The Labute approximate surface area is 94.1 Å². The molecule has 2 heterocycles. The zero-order valence-corrected chi connectivity index (χ0v) is 9.22. The zero-order valence-electron chi connectivity index (χ0n) is 9.22. The summed E-state index contributed by atoms with van der Waals surface area (Å²) in [4.78, 5) is 15.0. The molecule has 0 spiro atoms. The molecule has 92 valence electrons. The summed E-state index contributed by atoms with van der Waals surface area (Å²) in [5, 5.41) is 2.70. The molecular weight excluding hydrogens is 235 g/mol. The quantitative estimate of drug-likeness (QED) is 0.834. The minimum absolute atomic E-state index is 0.0461. The van der Waals surface area contributed by atoms with Crippen LogP contribution >= 0.6 is 0 Å². The third-order valence-corrected chi connectivity index (χ3v) is 2.56. The molecule has 0 aliphatic rings. The number of alkyl halides is 3. The lowest BCUT2D eigenvalue weighted by atomic mass is 10.2.